The zero-order valence-electron chi connectivity index (χ0n) is 20.1. The topological polar surface area (TPSA) is 89.6 Å². The van der Waals surface area contributed by atoms with Crippen LogP contribution in [0.5, 0.6) is 0 Å². The summed E-state index contributed by atoms with van der Waals surface area (Å²) < 4.78 is 17.8. The van der Waals surface area contributed by atoms with Gasteiger partial charge in [0.1, 0.15) is 11.4 Å². The van der Waals surface area contributed by atoms with Crippen molar-refractivity contribution in [2.45, 2.75) is 84.2 Å². The Morgan fingerprint density at radius 3 is 2.38 bits per heavy atom. The molecule has 2 saturated heterocycles. The molecule has 2 aromatic rings. The van der Waals surface area contributed by atoms with Gasteiger partial charge in [-0.3, -0.25) is 10.00 Å². The summed E-state index contributed by atoms with van der Waals surface area (Å²) >= 11 is 0. The molecule has 0 radical (unpaired) electrons. The predicted octanol–water partition coefficient (Wildman–Crippen LogP) is 3.84. The van der Waals surface area contributed by atoms with Crippen molar-refractivity contribution in [2.75, 3.05) is 6.54 Å². The van der Waals surface area contributed by atoms with Gasteiger partial charge in [0.15, 0.2) is 5.82 Å². The van der Waals surface area contributed by atoms with Gasteiger partial charge in [0.05, 0.1) is 17.2 Å². The number of aromatic nitrogens is 3. The van der Waals surface area contributed by atoms with E-state index in [4.69, 9.17) is 14.0 Å². The maximum atomic E-state index is 12.6. The third kappa shape index (κ3) is 4.41. The van der Waals surface area contributed by atoms with Crippen molar-refractivity contribution in [3.05, 3.63) is 30.1 Å². The van der Waals surface area contributed by atoms with Crippen LogP contribution in [0.15, 0.2) is 24.3 Å². The molecule has 2 aliphatic rings. The number of ether oxygens (including phenoxy) is 1. The zero-order valence-corrected chi connectivity index (χ0v) is 20.1. The number of aromatic amines is 1. The van der Waals surface area contributed by atoms with Crippen LogP contribution < -0.4 is 5.46 Å². The van der Waals surface area contributed by atoms with E-state index in [0.717, 1.165) is 23.9 Å². The molecule has 1 aromatic carbocycles. The lowest BCUT2D eigenvalue weighted by Crippen LogP contribution is -2.41. The van der Waals surface area contributed by atoms with Crippen LogP contribution >= 0.6 is 0 Å². The van der Waals surface area contributed by atoms with Gasteiger partial charge < -0.3 is 14.0 Å². The summed E-state index contributed by atoms with van der Waals surface area (Å²) in [5, 5.41) is 7.42. The van der Waals surface area contributed by atoms with Crippen molar-refractivity contribution in [3.8, 4) is 11.4 Å². The number of benzene rings is 1. The van der Waals surface area contributed by atoms with E-state index >= 15 is 0 Å². The third-order valence-electron chi connectivity index (χ3n) is 6.39. The van der Waals surface area contributed by atoms with Gasteiger partial charge in [-0.1, -0.05) is 24.3 Å². The van der Waals surface area contributed by atoms with Crippen molar-refractivity contribution in [1.29, 1.82) is 0 Å². The fraction of sp³-hybridized carbons (Fsp3) is 0.609. The molecule has 4 rings (SSSR count). The van der Waals surface area contributed by atoms with Gasteiger partial charge in [0, 0.05) is 12.1 Å². The van der Waals surface area contributed by atoms with Crippen LogP contribution in [0.2, 0.25) is 0 Å². The summed E-state index contributed by atoms with van der Waals surface area (Å²) in [6.07, 6.45) is 1.42. The highest BCUT2D eigenvalue weighted by Gasteiger charge is 2.51. The highest BCUT2D eigenvalue weighted by atomic mass is 16.7. The molecule has 3 heterocycles. The summed E-state index contributed by atoms with van der Waals surface area (Å²) in [5.74, 6) is 1.27. The van der Waals surface area contributed by atoms with Crippen LogP contribution in [-0.2, 0) is 14.0 Å². The Balaban J connectivity index is 1.48. The maximum absolute atomic E-state index is 12.6. The molecule has 1 atom stereocenters. The lowest BCUT2D eigenvalue weighted by molar-refractivity contribution is 0.00578. The first kappa shape index (κ1) is 22.8. The minimum atomic E-state index is -0.532. The van der Waals surface area contributed by atoms with Gasteiger partial charge in [-0.15, -0.1) is 0 Å². The molecule has 2 aliphatic heterocycles. The molecular weight excluding hydrogens is 407 g/mol. The minimum absolute atomic E-state index is 0.157. The number of carbonyl (C=O) groups excluding carboxylic acids is 1. The fourth-order valence-corrected chi connectivity index (χ4v) is 3.91. The van der Waals surface area contributed by atoms with E-state index in [1.165, 1.54) is 0 Å². The molecule has 172 valence electrons. The van der Waals surface area contributed by atoms with Gasteiger partial charge >= 0.3 is 13.2 Å². The Morgan fingerprint density at radius 2 is 1.78 bits per heavy atom. The van der Waals surface area contributed by atoms with Crippen molar-refractivity contribution in [1.82, 2.24) is 20.1 Å². The molecule has 9 heteroatoms. The van der Waals surface area contributed by atoms with E-state index in [-0.39, 0.29) is 23.3 Å². The average Bonchev–Trinajstić information content (AvgIpc) is 3.38. The van der Waals surface area contributed by atoms with Crippen molar-refractivity contribution < 1.29 is 18.8 Å². The maximum Gasteiger partial charge on any atom is 0.494 e. The number of hydrogen-bond donors (Lipinski definition) is 1. The number of H-pyrrole nitrogens is 1. The van der Waals surface area contributed by atoms with Crippen LogP contribution in [0.4, 0.5) is 4.79 Å². The van der Waals surface area contributed by atoms with E-state index in [2.05, 4.69) is 15.2 Å². The van der Waals surface area contributed by atoms with Crippen molar-refractivity contribution in [2.24, 2.45) is 0 Å². The molecule has 0 spiro atoms. The Labute approximate surface area is 190 Å². The normalized spacial score (nSPS) is 22.4. The number of carbonyl (C=O) groups is 1. The molecule has 2 fully saturated rings. The van der Waals surface area contributed by atoms with Crippen LogP contribution in [0.25, 0.3) is 11.4 Å². The second-order valence-electron chi connectivity index (χ2n) is 10.6. The quantitative estimate of drug-likeness (QED) is 0.730. The number of amides is 1. The summed E-state index contributed by atoms with van der Waals surface area (Å²) in [6.45, 7) is 14.4. The minimum Gasteiger partial charge on any atom is -0.444 e. The van der Waals surface area contributed by atoms with Crippen molar-refractivity contribution >= 4 is 18.7 Å². The second-order valence-corrected chi connectivity index (χ2v) is 10.6. The molecule has 1 unspecified atom stereocenters. The zero-order chi connectivity index (χ0) is 23.3. The molecule has 0 aliphatic carbocycles. The number of rotatable bonds is 3. The Kier molecular flexibility index (Phi) is 5.62. The van der Waals surface area contributed by atoms with Gasteiger partial charge in [-0.05, 0) is 66.8 Å². The lowest BCUT2D eigenvalue weighted by Gasteiger charge is -2.32. The first-order valence-corrected chi connectivity index (χ1v) is 11.2. The number of nitrogens with one attached hydrogen (secondary N) is 1. The molecule has 0 saturated carbocycles. The van der Waals surface area contributed by atoms with Crippen LogP contribution in [0.3, 0.4) is 0 Å². The smallest absolute Gasteiger partial charge is 0.444 e. The van der Waals surface area contributed by atoms with Gasteiger partial charge in [0.25, 0.3) is 0 Å². The highest BCUT2D eigenvalue weighted by molar-refractivity contribution is 6.62. The van der Waals surface area contributed by atoms with E-state index in [1.54, 1.807) is 4.90 Å². The summed E-state index contributed by atoms with van der Waals surface area (Å²) in [5.41, 5.74) is 0.548. The molecular formula is C23H33BN4O4. The summed E-state index contributed by atoms with van der Waals surface area (Å²) in [4.78, 5) is 19.0. The summed E-state index contributed by atoms with van der Waals surface area (Å²) in [6, 6.07) is 7.74. The van der Waals surface area contributed by atoms with E-state index in [9.17, 15) is 4.79 Å². The standard InChI is InChI=1S/C23H33BN4O4/c1-21(2,3)30-20(29)28-14-8-9-17(28)19-25-18(26-27-19)15-10-12-16(13-11-15)24-31-22(4,5)23(6,7)32-24/h10-13,17H,8-9,14H2,1-7H3,(H,25,26,27). The van der Waals surface area contributed by atoms with E-state index in [1.807, 2.05) is 72.7 Å². The van der Waals surface area contributed by atoms with E-state index in [0.29, 0.717) is 18.2 Å². The van der Waals surface area contributed by atoms with Gasteiger partial charge in [-0.2, -0.15) is 5.10 Å². The molecule has 8 nitrogen and oxygen atoms in total. The third-order valence-corrected chi connectivity index (χ3v) is 6.39. The van der Waals surface area contributed by atoms with E-state index < -0.39 is 12.7 Å². The number of hydrogen-bond acceptors (Lipinski definition) is 6. The number of likely N-dealkylation sites (tertiary alicyclic amines) is 1. The molecule has 1 amide bonds. The molecule has 32 heavy (non-hydrogen) atoms. The molecule has 1 aromatic heterocycles. The predicted molar refractivity (Wildman–Crippen MR) is 122 cm³/mol. The fourth-order valence-electron chi connectivity index (χ4n) is 3.91. The monoisotopic (exact) mass is 440 g/mol. The largest absolute Gasteiger partial charge is 0.494 e. The summed E-state index contributed by atoms with van der Waals surface area (Å²) in [7, 11) is -0.405. The Morgan fingerprint density at radius 1 is 1.16 bits per heavy atom. The van der Waals surface area contributed by atoms with Crippen LogP contribution in [0.1, 0.15) is 73.2 Å². The molecule has 0 bridgehead atoms. The van der Waals surface area contributed by atoms with Crippen LogP contribution in [0, 0.1) is 0 Å². The molecule has 1 N–H and O–H groups in total. The van der Waals surface area contributed by atoms with Gasteiger partial charge in [0.2, 0.25) is 0 Å². The second kappa shape index (κ2) is 7.88. The first-order chi connectivity index (χ1) is 14.9. The SMILES string of the molecule is CC(C)(C)OC(=O)N1CCCC1c1nc(-c2ccc(B3OC(C)(C)C(C)(C)O3)cc2)n[nH]1. The van der Waals surface area contributed by atoms with Gasteiger partial charge in [-0.25, -0.2) is 9.78 Å². The highest BCUT2D eigenvalue weighted by Crippen LogP contribution is 2.36. The lowest BCUT2D eigenvalue weighted by atomic mass is 9.79. The van der Waals surface area contributed by atoms with Crippen LogP contribution in [-0.4, -0.2) is 56.6 Å². The average molecular weight is 440 g/mol. The Bertz CT molecular complexity index is 965. The Hall–Kier alpha value is -2.39. The number of nitrogens with zero attached hydrogens (tertiary/aromatic N) is 3. The van der Waals surface area contributed by atoms with Crippen molar-refractivity contribution in [3.63, 3.8) is 0 Å². The first-order valence-electron chi connectivity index (χ1n) is 11.2.